The van der Waals surface area contributed by atoms with Gasteiger partial charge in [0.15, 0.2) is 6.29 Å². The average molecular weight is 508 g/mol. The van der Waals surface area contributed by atoms with Crippen LogP contribution in [0.25, 0.3) is 0 Å². The molecule has 198 valence electrons. The Kier molecular flexibility index (Phi) is 13.7. The highest BCUT2D eigenvalue weighted by atomic mass is 31.2. The van der Waals surface area contributed by atoms with Gasteiger partial charge in [-0.1, -0.05) is 30.2 Å². The van der Waals surface area contributed by atoms with Gasteiger partial charge in [0, 0.05) is 6.92 Å². The van der Waals surface area contributed by atoms with Gasteiger partial charge in [0.2, 0.25) is 5.91 Å². The number of ether oxygens (including phenoxy) is 1. The van der Waals surface area contributed by atoms with Crippen LogP contribution in [0.2, 0.25) is 0 Å². The third-order valence-electron chi connectivity index (χ3n) is 5.60. The molecule has 1 aliphatic rings. The highest BCUT2D eigenvalue weighted by Crippen LogP contribution is 2.46. The van der Waals surface area contributed by atoms with Crippen LogP contribution >= 0.6 is 7.82 Å². The van der Waals surface area contributed by atoms with Crippen LogP contribution in [0.3, 0.4) is 0 Å². The molecule has 0 aromatic rings. The number of phosphoric acid groups is 1. The van der Waals surface area contributed by atoms with Crippen molar-refractivity contribution in [2.45, 2.75) is 97.4 Å². The molecular formula is C23H42NO9P. The molecule has 34 heavy (non-hydrogen) atoms. The highest BCUT2D eigenvalue weighted by molar-refractivity contribution is 7.47. The largest absolute Gasteiger partial charge is 0.474 e. The van der Waals surface area contributed by atoms with Crippen molar-refractivity contribution < 1.29 is 43.4 Å². The Morgan fingerprint density at radius 2 is 1.79 bits per heavy atom. The van der Waals surface area contributed by atoms with Crippen LogP contribution in [0.4, 0.5) is 0 Å². The van der Waals surface area contributed by atoms with E-state index in [1.165, 1.54) is 18.1 Å². The van der Waals surface area contributed by atoms with Gasteiger partial charge in [-0.15, -0.1) is 0 Å². The molecular weight excluding hydrogens is 465 g/mol. The van der Waals surface area contributed by atoms with Gasteiger partial charge in [-0.25, -0.2) is 4.57 Å². The fraction of sp³-hybridized carbons (Fsp3) is 0.783. The number of rotatable bonds is 14. The summed E-state index contributed by atoms with van der Waals surface area (Å²) in [5.41, 5.74) is 2.65. The minimum Gasteiger partial charge on any atom is -0.394 e. The maximum atomic E-state index is 12.4. The fourth-order valence-corrected chi connectivity index (χ4v) is 4.38. The Labute approximate surface area is 202 Å². The van der Waals surface area contributed by atoms with Crippen molar-refractivity contribution in [3.05, 3.63) is 23.3 Å². The van der Waals surface area contributed by atoms with Crippen molar-refractivity contribution in [2.75, 3.05) is 13.2 Å². The van der Waals surface area contributed by atoms with Gasteiger partial charge < -0.3 is 30.3 Å². The van der Waals surface area contributed by atoms with Crippen LogP contribution in [0, 0.1) is 5.92 Å². The maximum Gasteiger partial charge on any atom is 0.474 e. The second kappa shape index (κ2) is 15.1. The molecule has 0 aromatic heterocycles. The zero-order valence-corrected chi connectivity index (χ0v) is 21.7. The van der Waals surface area contributed by atoms with E-state index >= 15 is 0 Å². The number of allylic oxidation sites excluding steroid dienone is 4. The van der Waals surface area contributed by atoms with Crippen molar-refractivity contribution >= 4 is 13.7 Å². The molecule has 0 bridgehead atoms. The van der Waals surface area contributed by atoms with E-state index in [1.807, 2.05) is 6.92 Å². The van der Waals surface area contributed by atoms with Gasteiger partial charge in [0.25, 0.3) is 0 Å². The van der Waals surface area contributed by atoms with Crippen LogP contribution in [0.15, 0.2) is 23.3 Å². The molecule has 1 rings (SSSR count). The molecule has 1 amide bonds. The van der Waals surface area contributed by atoms with E-state index in [4.69, 9.17) is 13.8 Å². The lowest BCUT2D eigenvalue weighted by molar-refractivity contribution is -0.248. The van der Waals surface area contributed by atoms with Crippen molar-refractivity contribution in [2.24, 2.45) is 5.92 Å². The topological polar surface area (TPSA) is 155 Å². The summed E-state index contributed by atoms with van der Waals surface area (Å²) in [7, 11) is -4.61. The van der Waals surface area contributed by atoms with Crippen LogP contribution in [0.1, 0.15) is 66.7 Å². The lowest BCUT2D eigenvalue weighted by Crippen LogP contribution is -2.64. The van der Waals surface area contributed by atoms with E-state index in [0.717, 1.165) is 25.7 Å². The summed E-state index contributed by atoms with van der Waals surface area (Å²) in [5.74, 6) is -0.324. The van der Waals surface area contributed by atoms with Crippen molar-refractivity contribution in [3.63, 3.8) is 0 Å². The second-order valence-corrected chi connectivity index (χ2v) is 10.6. The van der Waals surface area contributed by atoms with E-state index in [0.29, 0.717) is 6.42 Å². The molecule has 1 heterocycles. The second-order valence-electron chi connectivity index (χ2n) is 9.18. The number of amides is 1. The van der Waals surface area contributed by atoms with Gasteiger partial charge >= 0.3 is 7.82 Å². The zero-order valence-electron chi connectivity index (χ0n) is 20.8. The number of aliphatic hydroxyl groups excluding tert-OH is 3. The molecule has 1 fully saturated rings. The standard InChI is InChI=1S/C23H42NO9P/c1-15(2)8-6-9-16(3)10-7-11-17(4)12-13-31-34(29,30)33-23-20(24-18(5)26)22(28)21(27)19(14-25)32-23/h8,10,17,19-23,25,27-28H,6-7,9,11-14H2,1-5H3,(H,24,26)(H,29,30). The Hall–Kier alpha value is -1.10. The molecule has 7 atom stereocenters. The minimum atomic E-state index is -4.61. The van der Waals surface area contributed by atoms with Gasteiger partial charge in [-0.05, 0) is 58.8 Å². The van der Waals surface area contributed by atoms with Crippen LogP contribution in [-0.2, 0) is 23.1 Å². The summed E-state index contributed by atoms with van der Waals surface area (Å²) in [5, 5.41) is 31.9. The Balaban J connectivity index is 2.52. The molecule has 1 saturated heterocycles. The zero-order chi connectivity index (χ0) is 25.9. The Morgan fingerprint density at radius 3 is 2.38 bits per heavy atom. The molecule has 10 nitrogen and oxygen atoms in total. The van der Waals surface area contributed by atoms with Crippen LogP contribution in [-0.4, -0.2) is 70.0 Å². The average Bonchev–Trinajstić information content (AvgIpc) is 2.72. The first-order valence-corrected chi connectivity index (χ1v) is 13.2. The first kappa shape index (κ1) is 30.9. The summed E-state index contributed by atoms with van der Waals surface area (Å²) in [6.07, 6.45) is 2.86. The SMILES string of the molecule is CC(=O)NC1C(OP(=O)(O)OCCC(C)CCC=C(C)CCC=C(C)C)OC(CO)C(O)C1O. The molecule has 0 aromatic carbocycles. The molecule has 5 N–H and O–H groups in total. The smallest absolute Gasteiger partial charge is 0.394 e. The lowest BCUT2D eigenvalue weighted by Gasteiger charge is -2.42. The number of hydrogen-bond donors (Lipinski definition) is 5. The summed E-state index contributed by atoms with van der Waals surface area (Å²) >= 11 is 0. The quantitative estimate of drug-likeness (QED) is 0.176. The van der Waals surface area contributed by atoms with Gasteiger partial charge in [0.05, 0.1) is 13.2 Å². The number of hydrogen-bond acceptors (Lipinski definition) is 8. The molecule has 0 saturated carbocycles. The predicted molar refractivity (Wildman–Crippen MR) is 128 cm³/mol. The van der Waals surface area contributed by atoms with Crippen molar-refractivity contribution in [1.82, 2.24) is 5.32 Å². The summed E-state index contributed by atoms with van der Waals surface area (Å²) < 4.78 is 27.8. The third kappa shape index (κ3) is 11.6. The number of carbonyl (C=O) groups is 1. The monoisotopic (exact) mass is 507 g/mol. The van der Waals surface area contributed by atoms with Gasteiger partial charge in [0.1, 0.15) is 24.4 Å². The maximum absolute atomic E-state index is 12.4. The Bertz CT molecular complexity index is 738. The van der Waals surface area contributed by atoms with E-state index in [1.54, 1.807) is 0 Å². The molecule has 0 radical (unpaired) electrons. The number of phosphoric ester groups is 1. The number of carbonyl (C=O) groups excluding carboxylic acids is 1. The molecule has 1 aliphatic heterocycles. The van der Waals surface area contributed by atoms with Crippen molar-refractivity contribution in [3.8, 4) is 0 Å². The molecule has 7 unspecified atom stereocenters. The predicted octanol–water partition coefficient (Wildman–Crippen LogP) is 2.56. The third-order valence-corrected chi connectivity index (χ3v) is 6.58. The summed E-state index contributed by atoms with van der Waals surface area (Å²) in [6, 6.07) is -1.33. The normalized spacial score (nSPS) is 28.1. The first-order valence-electron chi connectivity index (χ1n) is 11.7. The summed E-state index contributed by atoms with van der Waals surface area (Å²) in [6.45, 7) is 8.78. The van der Waals surface area contributed by atoms with Gasteiger partial charge in [-0.3, -0.25) is 13.8 Å². The van der Waals surface area contributed by atoms with E-state index in [-0.39, 0.29) is 12.5 Å². The highest BCUT2D eigenvalue weighted by Gasteiger charge is 2.47. The fourth-order valence-electron chi connectivity index (χ4n) is 3.54. The molecule has 0 aliphatic carbocycles. The van der Waals surface area contributed by atoms with E-state index in [9.17, 15) is 29.6 Å². The van der Waals surface area contributed by atoms with Crippen LogP contribution < -0.4 is 5.32 Å². The number of nitrogens with one attached hydrogen (secondary N) is 1. The molecule has 0 spiro atoms. The lowest BCUT2D eigenvalue weighted by atomic mass is 9.97. The van der Waals surface area contributed by atoms with E-state index in [2.05, 4.69) is 38.2 Å². The van der Waals surface area contributed by atoms with Crippen molar-refractivity contribution in [1.29, 1.82) is 0 Å². The molecule has 11 heteroatoms. The van der Waals surface area contributed by atoms with Crippen LogP contribution in [0.5, 0.6) is 0 Å². The van der Waals surface area contributed by atoms with E-state index < -0.39 is 51.0 Å². The number of aliphatic hydroxyl groups is 3. The Morgan fingerprint density at radius 1 is 1.12 bits per heavy atom. The first-order chi connectivity index (χ1) is 15.9. The minimum absolute atomic E-state index is 0.0374. The van der Waals surface area contributed by atoms with Gasteiger partial charge in [-0.2, -0.15) is 0 Å². The summed E-state index contributed by atoms with van der Waals surface area (Å²) in [4.78, 5) is 21.6.